The highest BCUT2D eigenvalue weighted by atomic mass is 16.3. The van der Waals surface area contributed by atoms with E-state index in [4.69, 9.17) is 4.42 Å². The predicted octanol–water partition coefficient (Wildman–Crippen LogP) is 3.46. The Labute approximate surface area is 190 Å². The van der Waals surface area contributed by atoms with E-state index in [1.54, 1.807) is 24.3 Å². The number of fused-ring (bicyclic) bond motifs is 1. The van der Waals surface area contributed by atoms with Crippen LogP contribution in [-0.4, -0.2) is 21.6 Å². The standard InChI is InChI=1S/C25H24N4O4/c1-2-16-29-25(32)20-11-7-6-10-19(20)23(28-29)24(31)27-26-22(30)15-13-18-12-14-21(33-18)17-8-4-3-5-9-17/h3-12,14H,2,13,15-16H2,1H3,(H,26,30)(H,27,31). The van der Waals surface area contributed by atoms with Crippen molar-refractivity contribution in [3.05, 3.63) is 88.5 Å². The second kappa shape index (κ2) is 9.95. The summed E-state index contributed by atoms with van der Waals surface area (Å²) in [6.07, 6.45) is 1.21. The lowest BCUT2D eigenvalue weighted by Crippen LogP contribution is -2.42. The molecule has 4 rings (SSSR count). The van der Waals surface area contributed by atoms with Crippen LogP contribution in [0.15, 0.2) is 75.9 Å². The van der Waals surface area contributed by atoms with Crippen molar-refractivity contribution in [3.8, 4) is 11.3 Å². The highest BCUT2D eigenvalue weighted by Crippen LogP contribution is 2.22. The van der Waals surface area contributed by atoms with Crippen molar-refractivity contribution in [3.63, 3.8) is 0 Å². The van der Waals surface area contributed by atoms with Crippen LogP contribution in [-0.2, 0) is 17.8 Å². The first-order valence-corrected chi connectivity index (χ1v) is 10.8. The fourth-order valence-electron chi connectivity index (χ4n) is 3.52. The summed E-state index contributed by atoms with van der Waals surface area (Å²) in [5, 5.41) is 5.06. The summed E-state index contributed by atoms with van der Waals surface area (Å²) in [5.74, 6) is 0.454. The molecule has 0 atom stereocenters. The van der Waals surface area contributed by atoms with Gasteiger partial charge < -0.3 is 4.42 Å². The van der Waals surface area contributed by atoms with Crippen LogP contribution in [0.3, 0.4) is 0 Å². The first-order chi connectivity index (χ1) is 16.1. The topological polar surface area (TPSA) is 106 Å². The molecule has 33 heavy (non-hydrogen) atoms. The van der Waals surface area contributed by atoms with Gasteiger partial charge in [0.1, 0.15) is 11.5 Å². The summed E-state index contributed by atoms with van der Waals surface area (Å²) < 4.78 is 7.08. The summed E-state index contributed by atoms with van der Waals surface area (Å²) in [6.45, 7) is 2.32. The number of nitrogens with one attached hydrogen (secondary N) is 2. The quantitative estimate of drug-likeness (QED) is 0.425. The van der Waals surface area contributed by atoms with Gasteiger partial charge in [0.15, 0.2) is 5.69 Å². The van der Waals surface area contributed by atoms with Crippen molar-refractivity contribution < 1.29 is 14.0 Å². The predicted molar refractivity (Wildman–Crippen MR) is 124 cm³/mol. The molecule has 4 aromatic rings. The minimum absolute atomic E-state index is 0.0810. The van der Waals surface area contributed by atoms with Gasteiger partial charge in [-0.25, -0.2) is 4.68 Å². The fraction of sp³-hybridized carbons (Fsp3) is 0.200. The Bertz CT molecular complexity index is 1340. The average Bonchev–Trinajstić information content (AvgIpc) is 3.33. The van der Waals surface area contributed by atoms with Crippen LogP contribution in [0, 0.1) is 0 Å². The van der Waals surface area contributed by atoms with E-state index in [0.29, 0.717) is 35.9 Å². The molecule has 2 N–H and O–H groups in total. The van der Waals surface area contributed by atoms with Crippen molar-refractivity contribution in [2.75, 3.05) is 0 Å². The molecule has 2 amide bonds. The zero-order valence-electron chi connectivity index (χ0n) is 18.2. The van der Waals surface area contributed by atoms with Crippen molar-refractivity contribution in [1.29, 1.82) is 0 Å². The summed E-state index contributed by atoms with van der Waals surface area (Å²) in [7, 11) is 0. The lowest BCUT2D eigenvalue weighted by molar-refractivity contribution is -0.121. The van der Waals surface area contributed by atoms with E-state index in [-0.39, 0.29) is 23.6 Å². The third-order valence-electron chi connectivity index (χ3n) is 5.15. The first kappa shape index (κ1) is 22.0. The van der Waals surface area contributed by atoms with Crippen molar-refractivity contribution in [1.82, 2.24) is 20.6 Å². The van der Waals surface area contributed by atoms with Crippen LogP contribution < -0.4 is 16.4 Å². The van der Waals surface area contributed by atoms with Crippen LogP contribution in [0.1, 0.15) is 36.0 Å². The Hall–Kier alpha value is -4.20. The Kier molecular flexibility index (Phi) is 6.64. The van der Waals surface area contributed by atoms with Crippen LogP contribution in [0.25, 0.3) is 22.1 Å². The maximum Gasteiger partial charge on any atom is 0.290 e. The third-order valence-corrected chi connectivity index (χ3v) is 5.15. The molecule has 0 unspecified atom stereocenters. The lowest BCUT2D eigenvalue weighted by Gasteiger charge is -2.11. The molecule has 2 heterocycles. The van der Waals surface area contributed by atoms with Gasteiger partial charge in [-0.15, -0.1) is 0 Å². The molecular formula is C25H24N4O4. The fourth-order valence-corrected chi connectivity index (χ4v) is 3.52. The van der Waals surface area contributed by atoms with Crippen LogP contribution in [0.5, 0.6) is 0 Å². The van der Waals surface area contributed by atoms with Gasteiger partial charge in [-0.05, 0) is 24.6 Å². The maximum atomic E-state index is 12.7. The van der Waals surface area contributed by atoms with E-state index < -0.39 is 5.91 Å². The molecule has 0 aliphatic rings. The van der Waals surface area contributed by atoms with Crippen LogP contribution in [0.4, 0.5) is 0 Å². The SMILES string of the molecule is CCCn1nc(C(=O)NNC(=O)CCc2ccc(-c3ccccc3)o2)c2ccccc2c1=O. The van der Waals surface area contributed by atoms with Gasteiger partial charge in [-0.3, -0.25) is 25.2 Å². The molecule has 0 bridgehead atoms. The Morgan fingerprint density at radius 1 is 0.939 bits per heavy atom. The number of amides is 2. The van der Waals surface area contributed by atoms with Gasteiger partial charge in [0.05, 0.1) is 5.39 Å². The van der Waals surface area contributed by atoms with E-state index in [0.717, 1.165) is 11.3 Å². The third kappa shape index (κ3) is 5.01. The normalized spacial score (nSPS) is 10.8. The highest BCUT2D eigenvalue weighted by molar-refractivity contribution is 6.05. The number of carbonyl (C=O) groups is 2. The van der Waals surface area contributed by atoms with E-state index in [9.17, 15) is 14.4 Å². The van der Waals surface area contributed by atoms with E-state index in [1.807, 2.05) is 49.4 Å². The molecule has 2 aromatic carbocycles. The average molecular weight is 444 g/mol. The zero-order valence-corrected chi connectivity index (χ0v) is 18.2. The summed E-state index contributed by atoms with van der Waals surface area (Å²) >= 11 is 0. The molecule has 0 saturated heterocycles. The minimum atomic E-state index is -0.589. The van der Waals surface area contributed by atoms with Gasteiger partial charge in [0.2, 0.25) is 5.91 Å². The number of furan rings is 1. The second-order valence-corrected chi connectivity index (χ2v) is 7.56. The van der Waals surface area contributed by atoms with Gasteiger partial charge in [-0.1, -0.05) is 55.5 Å². The molecule has 2 aromatic heterocycles. The van der Waals surface area contributed by atoms with Gasteiger partial charge >= 0.3 is 0 Å². The number of hydrazine groups is 1. The monoisotopic (exact) mass is 444 g/mol. The summed E-state index contributed by atoms with van der Waals surface area (Å²) in [6, 6.07) is 20.2. The molecule has 0 aliphatic heterocycles. The number of benzene rings is 2. The first-order valence-electron chi connectivity index (χ1n) is 10.8. The molecular weight excluding hydrogens is 420 g/mol. The largest absolute Gasteiger partial charge is 0.461 e. The number of aryl methyl sites for hydroxylation is 2. The molecule has 8 heteroatoms. The van der Waals surface area contributed by atoms with Crippen molar-refractivity contribution in [2.24, 2.45) is 0 Å². The summed E-state index contributed by atoms with van der Waals surface area (Å²) in [5.41, 5.74) is 5.61. The van der Waals surface area contributed by atoms with Crippen molar-refractivity contribution in [2.45, 2.75) is 32.7 Å². The van der Waals surface area contributed by atoms with Gasteiger partial charge in [-0.2, -0.15) is 5.10 Å². The van der Waals surface area contributed by atoms with Crippen LogP contribution in [0.2, 0.25) is 0 Å². The van der Waals surface area contributed by atoms with Gasteiger partial charge in [0.25, 0.3) is 11.5 Å². The minimum Gasteiger partial charge on any atom is -0.461 e. The lowest BCUT2D eigenvalue weighted by atomic mass is 10.1. The molecule has 0 spiro atoms. The number of hydrogen-bond acceptors (Lipinski definition) is 5. The number of rotatable bonds is 7. The van der Waals surface area contributed by atoms with E-state index >= 15 is 0 Å². The molecule has 0 saturated carbocycles. The Morgan fingerprint density at radius 2 is 1.67 bits per heavy atom. The Balaban J connectivity index is 1.39. The number of nitrogens with zero attached hydrogens (tertiary/aromatic N) is 2. The molecule has 0 radical (unpaired) electrons. The molecule has 8 nitrogen and oxygen atoms in total. The summed E-state index contributed by atoms with van der Waals surface area (Å²) in [4.78, 5) is 37.6. The number of aromatic nitrogens is 2. The number of carbonyl (C=O) groups excluding carboxylic acids is 2. The van der Waals surface area contributed by atoms with Crippen molar-refractivity contribution >= 4 is 22.6 Å². The smallest absolute Gasteiger partial charge is 0.290 e. The van der Waals surface area contributed by atoms with E-state index in [2.05, 4.69) is 16.0 Å². The van der Waals surface area contributed by atoms with E-state index in [1.165, 1.54) is 4.68 Å². The molecule has 0 aliphatic carbocycles. The Morgan fingerprint density at radius 3 is 2.42 bits per heavy atom. The highest BCUT2D eigenvalue weighted by Gasteiger charge is 2.17. The number of hydrogen-bond donors (Lipinski definition) is 2. The van der Waals surface area contributed by atoms with Gasteiger partial charge in [0, 0.05) is 30.3 Å². The zero-order chi connectivity index (χ0) is 23.2. The maximum absolute atomic E-state index is 12.7. The second-order valence-electron chi connectivity index (χ2n) is 7.56. The molecule has 0 fully saturated rings. The molecule has 168 valence electrons. The van der Waals surface area contributed by atoms with Crippen LogP contribution >= 0.6 is 0 Å².